The zero-order valence-electron chi connectivity index (χ0n) is 11.1. The van der Waals surface area contributed by atoms with Crippen LogP contribution in [0.15, 0.2) is 18.3 Å². The van der Waals surface area contributed by atoms with Gasteiger partial charge >= 0.3 is 0 Å². The number of rotatable bonds is 1. The molecule has 1 saturated heterocycles. The fourth-order valence-electron chi connectivity index (χ4n) is 1.94. The van der Waals surface area contributed by atoms with Gasteiger partial charge in [0, 0.05) is 17.5 Å². The molecular formula is C13H15N3O3. The molecule has 0 bridgehead atoms. The molecule has 19 heavy (non-hydrogen) atoms. The van der Waals surface area contributed by atoms with Gasteiger partial charge in [0.25, 0.3) is 11.8 Å². The Labute approximate surface area is 110 Å². The van der Waals surface area contributed by atoms with E-state index >= 15 is 0 Å². The summed E-state index contributed by atoms with van der Waals surface area (Å²) >= 11 is 0. The lowest BCUT2D eigenvalue weighted by molar-refractivity contribution is -0.143. The molecular weight excluding hydrogens is 246 g/mol. The Kier molecular flexibility index (Phi) is 3.09. The first-order valence-corrected chi connectivity index (χ1v) is 5.91. The van der Waals surface area contributed by atoms with Crippen LogP contribution in [0.3, 0.4) is 0 Å². The topological polar surface area (TPSA) is 79.4 Å². The summed E-state index contributed by atoms with van der Waals surface area (Å²) in [6.07, 6.45) is 1.53. The van der Waals surface area contributed by atoms with E-state index in [0.717, 1.165) is 0 Å². The second kappa shape index (κ2) is 4.46. The van der Waals surface area contributed by atoms with Gasteiger partial charge in [-0.1, -0.05) is 0 Å². The van der Waals surface area contributed by atoms with Crippen molar-refractivity contribution in [2.75, 3.05) is 6.54 Å². The van der Waals surface area contributed by atoms with E-state index in [0.29, 0.717) is 11.3 Å². The molecule has 0 unspecified atom stereocenters. The van der Waals surface area contributed by atoms with Crippen molar-refractivity contribution in [1.29, 1.82) is 0 Å². The van der Waals surface area contributed by atoms with Crippen molar-refractivity contribution < 1.29 is 14.4 Å². The maximum atomic E-state index is 12.4. The number of aromatic nitrogens is 1. The number of carbonyl (C=O) groups excluding carboxylic acids is 3. The monoisotopic (exact) mass is 261 g/mol. The molecule has 1 aromatic heterocycles. The van der Waals surface area contributed by atoms with Gasteiger partial charge in [-0.05, 0) is 32.9 Å². The third-order valence-corrected chi connectivity index (χ3v) is 3.17. The quantitative estimate of drug-likeness (QED) is 0.736. The lowest BCUT2D eigenvalue weighted by Gasteiger charge is -2.40. The molecule has 1 aliphatic heterocycles. The molecule has 1 N–H and O–H groups in total. The van der Waals surface area contributed by atoms with Crippen LogP contribution in [0.25, 0.3) is 0 Å². The largest absolute Gasteiger partial charge is 0.315 e. The summed E-state index contributed by atoms with van der Waals surface area (Å²) < 4.78 is 0. The highest BCUT2D eigenvalue weighted by atomic mass is 16.2. The maximum Gasteiger partial charge on any atom is 0.255 e. The summed E-state index contributed by atoms with van der Waals surface area (Å²) in [5, 5.41) is 2.23. The van der Waals surface area contributed by atoms with Crippen molar-refractivity contribution in [3.63, 3.8) is 0 Å². The van der Waals surface area contributed by atoms with E-state index in [1.54, 1.807) is 32.9 Å². The van der Waals surface area contributed by atoms with E-state index in [1.807, 2.05) is 0 Å². The van der Waals surface area contributed by atoms with Gasteiger partial charge < -0.3 is 4.90 Å². The van der Waals surface area contributed by atoms with Gasteiger partial charge in [0.15, 0.2) is 0 Å². The highest BCUT2D eigenvalue weighted by Gasteiger charge is 2.43. The number of aryl methyl sites for hydroxylation is 1. The Bertz CT molecular complexity index is 566. The van der Waals surface area contributed by atoms with Gasteiger partial charge in [-0.3, -0.25) is 24.7 Å². The molecule has 0 saturated carbocycles. The number of amides is 3. The van der Waals surface area contributed by atoms with E-state index in [9.17, 15) is 14.4 Å². The van der Waals surface area contributed by atoms with E-state index in [-0.39, 0.29) is 12.5 Å². The van der Waals surface area contributed by atoms with Crippen molar-refractivity contribution in [1.82, 2.24) is 15.2 Å². The average Bonchev–Trinajstić information content (AvgIpc) is 2.33. The fourth-order valence-corrected chi connectivity index (χ4v) is 1.94. The van der Waals surface area contributed by atoms with Gasteiger partial charge in [-0.25, -0.2) is 0 Å². The van der Waals surface area contributed by atoms with Crippen LogP contribution in [0.4, 0.5) is 0 Å². The van der Waals surface area contributed by atoms with E-state index in [2.05, 4.69) is 10.3 Å². The molecule has 6 heteroatoms. The number of nitrogens with zero attached hydrogens (tertiary/aromatic N) is 2. The fraction of sp³-hybridized carbons (Fsp3) is 0.385. The third kappa shape index (κ3) is 2.33. The number of piperazine rings is 1. The molecule has 0 aromatic carbocycles. The van der Waals surface area contributed by atoms with Crippen molar-refractivity contribution in [2.24, 2.45) is 0 Å². The molecule has 2 rings (SSSR count). The summed E-state index contributed by atoms with van der Waals surface area (Å²) in [4.78, 5) is 41.0. The Morgan fingerprint density at radius 2 is 2.11 bits per heavy atom. The molecule has 0 spiro atoms. The van der Waals surface area contributed by atoms with E-state index < -0.39 is 17.4 Å². The SMILES string of the molecule is Cc1cc(C(=O)N2CC(=O)NC(=O)C2(C)C)ccn1. The lowest BCUT2D eigenvalue weighted by atomic mass is 9.97. The van der Waals surface area contributed by atoms with Crippen molar-refractivity contribution >= 4 is 17.7 Å². The smallest absolute Gasteiger partial charge is 0.255 e. The second-order valence-corrected chi connectivity index (χ2v) is 5.01. The number of hydrogen-bond donors (Lipinski definition) is 1. The maximum absolute atomic E-state index is 12.4. The van der Waals surface area contributed by atoms with Crippen LogP contribution in [0.2, 0.25) is 0 Å². The summed E-state index contributed by atoms with van der Waals surface area (Å²) in [5.74, 6) is -1.29. The van der Waals surface area contributed by atoms with Crippen molar-refractivity contribution in [3.8, 4) is 0 Å². The van der Waals surface area contributed by atoms with Crippen LogP contribution in [-0.2, 0) is 9.59 Å². The normalized spacial score (nSPS) is 18.2. The Balaban J connectivity index is 2.36. The molecule has 0 radical (unpaired) electrons. The third-order valence-electron chi connectivity index (χ3n) is 3.17. The standard InChI is InChI=1S/C13H15N3O3/c1-8-6-9(4-5-14-8)11(18)16-7-10(17)15-12(19)13(16,2)3/h4-6H,7H2,1-3H3,(H,15,17,19). The molecule has 100 valence electrons. The lowest BCUT2D eigenvalue weighted by Crippen LogP contribution is -2.65. The van der Waals surface area contributed by atoms with E-state index in [4.69, 9.17) is 0 Å². The Morgan fingerprint density at radius 1 is 1.42 bits per heavy atom. The minimum Gasteiger partial charge on any atom is -0.315 e. The zero-order valence-corrected chi connectivity index (χ0v) is 11.1. The van der Waals surface area contributed by atoms with Gasteiger partial charge in [-0.2, -0.15) is 0 Å². The molecule has 3 amide bonds. The van der Waals surface area contributed by atoms with Crippen LogP contribution < -0.4 is 5.32 Å². The number of carbonyl (C=O) groups is 3. The summed E-state index contributed by atoms with van der Waals surface area (Å²) in [7, 11) is 0. The minimum absolute atomic E-state index is 0.126. The van der Waals surface area contributed by atoms with Gasteiger partial charge in [0.2, 0.25) is 5.91 Å². The molecule has 2 heterocycles. The van der Waals surface area contributed by atoms with Gasteiger partial charge in [0.05, 0.1) is 0 Å². The van der Waals surface area contributed by atoms with Crippen molar-refractivity contribution in [2.45, 2.75) is 26.3 Å². The first-order chi connectivity index (χ1) is 8.82. The predicted octanol–water partition coefficient (Wildman–Crippen LogP) is 0.267. The average molecular weight is 261 g/mol. The van der Waals surface area contributed by atoms with Crippen molar-refractivity contribution in [3.05, 3.63) is 29.6 Å². The highest BCUT2D eigenvalue weighted by Crippen LogP contribution is 2.21. The number of hydrogen-bond acceptors (Lipinski definition) is 4. The number of nitrogens with one attached hydrogen (secondary N) is 1. The Hall–Kier alpha value is -2.24. The second-order valence-electron chi connectivity index (χ2n) is 5.01. The molecule has 6 nitrogen and oxygen atoms in total. The highest BCUT2D eigenvalue weighted by molar-refractivity contribution is 6.08. The van der Waals surface area contributed by atoms with Crippen LogP contribution in [0.1, 0.15) is 29.9 Å². The first kappa shape index (κ1) is 13.2. The number of pyridine rings is 1. The first-order valence-electron chi connectivity index (χ1n) is 5.91. The summed E-state index contributed by atoms with van der Waals surface area (Å²) in [5.41, 5.74) is 0.0711. The van der Waals surface area contributed by atoms with Gasteiger partial charge in [-0.15, -0.1) is 0 Å². The molecule has 1 aromatic rings. The minimum atomic E-state index is -1.05. The molecule has 0 atom stereocenters. The van der Waals surface area contributed by atoms with Crippen LogP contribution >= 0.6 is 0 Å². The van der Waals surface area contributed by atoms with Gasteiger partial charge in [0.1, 0.15) is 12.1 Å². The van der Waals surface area contributed by atoms with Crippen LogP contribution in [-0.4, -0.2) is 39.7 Å². The molecule has 1 aliphatic rings. The molecule has 0 aliphatic carbocycles. The van der Waals surface area contributed by atoms with E-state index in [1.165, 1.54) is 11.1 Å². The zero-order chi connectivity index (χ0) is 14.2. The summed E-state index contributed by atoms with van der Waals surface area (Å²) in [6.45, 7) is 4.87. The molecule has 1 fully saturated rings. The predicted molar refractivity (Wildman–Crippen MR) is 67.2 cm³/mol. The number of imide groups is 1. The summed E-state index contributed by atoms with van der Waals surface area (Å²) in [6, 6.07) is 3.21. The Morgan fingerprint density at radius 3 is 2.74 bits per heavy atom. The van der Waals surface area contributed by atoms with Crippen LogP contribution in [0.5, 0.6) is 0 Å². The van der Waals surface area contributed by atoms with Crippen LogP contribution in [0, 0.1) is 6.92 Å².